The normalized spacial score (nSPS) is 11.1. The van der Waals surface area contributed by atoms with Crippen molar-refractivity contribution in [2.24, 2.45) is 7.05 Å². The fourth-order valence-corrected chi connectivity index (χ4v) is 0.913. The standard InChI is InChI=1S/C8H13N3/c1-3-4-5-6-8-10-9-7-11(8)2/h3-4,7H,5-6H2,1-2H3. The van der Waals surface area contributed by atoms with Crippen molar-refractivity contribution in [3.63, 3.8) is 0 Å². The van der Waals surface area contributed by atoms with Crippen molar-refractivity contribution >= 4 is 0 Å². The van der Waals surface area contributed by atoms with Gasteiger partial charge in [-0.15, -0.1) is 10.2 Å². The molecule has 0 unspecified atom stereocenters. The summed E-state index contributed by atoms with van der Waals surface area (Å²) >= 11 is 0. The Morgan fingerprint density at radius 2 is 2.45 bits per heavy atom. The SMILES string of the molecule is CC=CCCc1nncn1C. The molecule has 0 aliphatic heterocycles. The van der Waals surface area contributed by atoms with Gasteiger partial charge in [0.1, 0.15) is 12.2 Å². The molecular formula is C8H13N3. The van der Waals surface area contributed by atoms with E-state index in [2.05, 4.69) is 22.3 Å². The van der Waals surface area contributed by atoms with Crippen LogP contribution in [0.5, 0.6) is 0 Å². The molecule has 0 bridgehead atoms. The molecule has 0 radical (unpaired) electrons. The molecule has 0 saturated heterocycles. The van der Waals surface area contributed by atoms with Gasteiger partial charge in [-0.05, 0) is 13.3 Å². The van der Waals surface area contributed by atoms with Crippen molar-refractivity contribution < 1.29 is 0 Å². The number of hydrogen-bond acceptors (Lipinski definition) is 2. The first kappa shape index (κ1) is 7.98. The summed E-state index contributed by atoms with van der Waals surface area (Å²) in [5, 5.41) is 7.76. The molecule has 1 aromatic heterocycles. The van der Waals surface area contributed by atoms with Crippen molar-refractivity contribution in [2.45, 2.75) is 19.8 Å². The van der Waals surface area contributed by atoms with Gasteiger partial charge in [0.25, 0.3) is 0 Å². The number of aromatic nitrogens is 3. The van der Waals surface area contributed by atoms with Crippen LogP contribution >= 0.6 is 0 Å². The minimum absolute atomic E-state index is 0.973. The van der Waals surface area contributed by atoms with Gasteiger partial charge in [0, 0.05) is 13.5 Å². The number of aryl methyl sites for hydroxylation is 2. The zero-order chi connectivity index (χ0) is 8.10. The summed E-state index contributed by atoms with van der Waals surface area (Å²) in [7, 11) is 1.96. The van der Waals surface area contributed by atoms with Crippen LogP contribution in [0.1, 0.15) is 19.2 Å². The van der Waals surface area contributed by atoms with Crippen LogP contribution in [0.3, 0.4) is 0 Å². The molecule has 0 saturated carbocycles. The molecule has 0 fully saturated rings. The first-order valence-electron chi connectivity index (χ1n) is 3.78. The second-order valence-electron chi connectivity index (χ2n) is 2.47. The predicted octanol–water partition coefficient (Wildman–Crippen LogP) is 1.32. The van der Waals surface area contributed by atoms with E-state index in [1.807, 2.05) is 18.5 Å². The lowest BCUT2D eigenvalue weighted by atomic mass is 10.3. The quantitative estimate of drug-likeness (QED) is 0.610. The van der Waals surface area contributed by atoms with Crippen molar-refractivity contribution in [1.82, 2.24) is 14.8 Å². The fraction of sp³-hybridized carbons (Fsp3) is 0.500. The predicted molar refractivity (Wildman–Crippen MR) is 44.1 cm³/mol. The van der Waals surface area contributed by atoms with E-state index in [0.717, 1.165) is 18.7 Å². The van der Waals surface area contributed by atoms with E-state index >= 15 is 0 Å². The Kier molecular flexibility index (Phi) is 2.83. The summed E-state index contributed by atoms with van der Waals surface area (Å²) in [5.74, 6) is 1.04. The first-order valence-corrected chi connectivity index (χ1v) is 3.78. The number of hydrogen-bond donors (Lipinski definition) is 0. The van der Waals surface area contributed by atoms with E-state index in [1.165, 1.54) is 0 Å². The van der Waals surface area contributed by atoms with Crippen LogP contribution in [0, 0.1) is 0 Å². The van der Waals surface area contributed by atoms with Crippen molar-refractivity contribution in [1.29, 1.82) is 0 Å². The fourth-order valence-electron chi connectivity index (χ4n) is 0.913. The highest BCUT2D eigenvalue weighted by atomic mass is 15.2. The zero-order valence-electron chi connectivity index (χ0n) is 6.99. The van der Waals surface area contributed by atoms with Crippen LogP contribution in [-0.4, -0.2) is 14.8 Å². The zero-order valence-corrected chi connectivity index (χ0v) is 6.99. The summed E-state index contributed by atoms with van der Waals surface area (Å²) < 4.78 is 1.95. The Morgan fingerprint density at radius 3 is 3.00 bits per heavy atom. The molecule has 0 aromatic carbocycles. The topological polar surface area (TPSA) is 30.7 Å². The first-order chi connectivity index (χ1) is 5.34. The molecule has 3 heteroatoms. The minimum atomic E-state index is 0.973. The van der Waals surface area contributed by atoms with Gasteiger partial charge in [-0.1, -0.05) is 12.2 Å². The van der Waals surface area contributed by atoms with Gasteiger partial charge in [0.2, 0.25) is 0 Å². The van der Waals surface area contributed by atoms with Gasteiger partial charge in [0.05, 0.1) is 0 Å². The van der Waals surface area contributed by atoms with E-state index in [0.29, 0.717) is 0 Å². The molecule has 0 aliphatic rings. The Labute approximate surface area is 66.8 Å². The summed E-state index contributed by atoms with van der Waals surface area (Å²) in [6.45, 7) is 2.02. The Bertz CT molecular complexity index is 237. The minimum Gasteiger partial charge on any atom is -0.321 e. The third-order valence-electron chi connectivity index (χ3n) is 1.58. The molecule has 0 spiro atoms. The number of nitrogens with zero attached hydrogens (tertiary/aromatic N) is 3. The smallest absolute Gasteiger partial charge is 0.132 e. The lowest BCUT2D eigenvalue weighted by Crippen LogP contribution is -1.95. The lowest BCUT2D eigenvalue weighted by Gasteiger charge is -1.95. The highest BCUT2D eigenvalue weighted by Crippen LogP contribution is 1.97. The Hall–Kier alpha value is -1.12. The maximum Gasteiger partial charge on any atom is 0.132 e. The largest absolute Gasteiger partial charge is 0.321 e. The summed E-state index contributed by atoms with van der Waals surface area (Å²) in [5.41, 5.74) is 0. The molecule has 3 nitrogen and oxygen atoms in total. The van der Waals surface area contributed by atoms with Gasteiger partial charge in [0.15, 0.2) is 0 Å². The average Bonchev–Trinajstić information content (AvgIpc) is 2.37. The van der Waals surface area contributed by atoms with E-state index in [-0.39, 0.29) is 0 Å². The van der Waals surface area contributed by atoms with Crippen molar-refractivity contribution in [3.8, 4) is 0 Å². The number of allylic oxidation sites excluding steroid dienone is 2. The summed E-state index contributed by atoms with van der Waals surface area (Å²) in [4.78, 5) is 0. The van der Waals surface area contributed by atoms with E-state index in [4.69, 9.17) is 0 Å². The van der Waals surface area contributed by atoms with Crippen LogP contribution in [-0.2, 0) is 13.5 Å². The molecule has 0 N–H and O–H groups in total. The third-order valence-corrected chi connectivity index (χ3v) is 1.58. The molecule has 1 aromatic rings. The third kappa shape index (κ3) is 2.18. The van der Waals surface area contributed by atoms with Gasteiger partial charge >= 0.3 is 0 Å². The van der Waals surface area contributed by atoms with E-state index in [9.17, 15) is 0 Å². The molecular weight excluding hydrogens is 138 g/mol. The maximum absolute atomic E-state index is 3.97. The highest BCUT2D eigenvalue weighted by molar-refractivity contribution is 4.88. The Morgan fingerprint density at radius 1 is 1.64 bits per heavy atom. The van der Waals surface area contributed by atoms with Crippen LogP contribution in [0.4, 0.5) is 0 Å². The molecule has 1 rings (SSSR count). The number of rotatable bonds is 3. The van der Waals surface area contributed by atoms with Gasteiger partial charge in [-0.2, -0.15) is 0 Å². The summed E-state index contributed by atoms with van der Waals surface area (Å²) in [6.07, 6.45) is 7.93. The van der Waals surface area contributed by atoms with Crippen LogP contribution in [0.25, 0.3) is 0 Å². The van der Waals surface area contributed by atoms with Gasteiger partial charge in [-0.3, -0.25) is 0 Å². The molecule has 1 heterocycles. The second kappa shape index (κ2) is 3.91. The van der Waals surface area contributed by atoms with Crippen LogP contribution < -0.4 is 0 Å². The molecule has 60 valence electrons. The molecule has 0 atom stereocenters. The van der Waals surface area contributed by atoms with E-state index < -0.39 is 0 Å². The van der Waals surface area contributed by atoms with Crippen LogP contribution in [0.15, 0.2) is 18.5 Å². The summed E-state index contributed by atoms with van der Waals surface area (Å²) in [6, 6.07) is 0. The molecule has 11 heavy (non-hydrogen) atoms. The molecule has 0 amide bonds. The van der Waals surface area contributed by atoms with Crippen LogP contribution in [0.2, 0.25) is 0 Å². The van der Waals surface area contributed by atoms with Crippen molar-refractivity contribution in [3.05, 3.63) is 24.3 Å². The maximum atomic E-state index is 3.97. The average molecular weight is 151 g/mol. The van der Waals surface area contributed by atoms with E-state index in [1.54, 1.807) is 6.33 Å². The second-order valence-corrected chi connectivity index (χ2v) is 2.47. The highest BCUT2D eigenvalue weighted by Gasteiger charge is 1.96. The monoisotopic (exact) mass is 151 g/mol. The van der Waals surface area contributed by atoms with Crippen molar-refractivity contribution in [2.75, 3.05) is 0 Å². The Balaban J connectivity index is 2.44. The van der Waals surface area contributed by atoms with Gasteiger partial charge < -0.3 is 4.57 Å². The molecule has 0 aliphatic carbocycles. The van der Waals surface area contributed by atoms with Gasteiger partial charge in [-0.25, -0.2) is 0 Å². The lowest BCUT2D eigenvalue weighted by molar-refractivity contribution is 0.779.